The molecule has 0 amide bonds. The minimum atomic E-state index is -0.152. The van der Waals surface area contributed by atoms with E-state index in [0.29, 0.717) is 19.0 Å². The number of hydrogen-bond acceptors (Lipinski definition) is 4. The van der Waals surface area contributed by atoms with Gasteiger partial charge in [0, 0.05) is 17.9 Å². The summed E-state index contributed by atoms with van der Waals surface area (Å²) >= 11 is 0. The molecule has 3 rings (SSSR count). The highest BCUT2D eigenvalue weighted by molar-refractivity contribution is 5.44. The maximum absolute atomic E-state index is 10.1. The van der Waals surface area contributed by atoms with Crippen LogP contribution >= 0.6 is 0 Å². The number of hydrogen-bond donors (Lipinski definition) is 2. The number of rotatable bonds is 9. The third-order valence-electron chi connectivity index (χ3n) is 5.91. The minimum absolute atomic E-state index is 0.0467. The van der Waals surface area contributed by atoms with Crippen molar-refractivity contribution >= 4 is 0 Å². The molecule has 0 saturated heterocycles. The topological polar surface area (TPSA) is 64.7 Å². The first kappa shape index (κ1) is 20.7. The van der Waals surface area contributed by atoms with E-state index in [-0.39, 0.29) is 17.6 Å². The maximum Gasteiger partial charge on any atom is 0.119 e. The SMILES string of the molecule is CCCC1(CCC)c2cc(O)ccc2C[C@H](OCCOc2ccccc2)[C@H]1N. The van der Waals surface area contributed by atoms with E-state index in [9.17, 15) is 5.11 Å². The monoisotopic (exact) mass is 383 g/mol. The van der Waals surface area contributed by atoms with Crippen molar-refractivity contribution in [3.63, 3.8) is 0 Å². The summed E-state index contributed by atoms with van der Waals surface area (Å²) in [4.78, 5) is 0. The number of aromatic hydroxyl groups is 1. The second kappa shape index (κ2) is 9.44. The van der Waals surface area contributed by atoms with Crippen LogP contribution in [0.25, 0.3) is 0 Å². The molecule has 1 aliphatic rings. The Morgan fingerprint density at radius 1 is 1.04 bits per heavy atom. The molecule has 0 radical (unpaired) electrons. The van der Waals surface area contributed by atoms with Crippen molar-refractivity contribution in [1.82, 2.24) is 0 Å². The van der Waals surface area contributed by atoms with Crippen LogP contribution in [-0.2, 0) is 16.6 Å². The van der Waals surface area contributed by atoms with E-state index < -0.39 is 0 Å². The fraction of sp³-hybridized carbons (Fsp3) is 0.500. The average Bonchev–Trinajstić information content (AvgIpc) is 2.70. The number of benzene rings is 2. The van der Waals surface area contributed by atoms with Crippen LogP contribution in [0.3, 0.4) is 0 Å². The molecule has 0 aromatic heterocycles. The van der Waals surface area contributed by atoms with Crippen LogP contribution in [0.15, 0.2) is 48.5 Å². The molecule has 2 aromatic carbocycles. The Bertz CT molecular complexity index is 741. The zero-order valence-electron chi connectivity index (χ0n) is 17.1. The quantitative estimate of drug-likeness (QED) is 0.622. The van der Waals surface area contributed by atoms with Gasteiger partial charge < -0.3 is 20.3 Å². The molecule has 152 valence electrons. The molecule has 0 aliphatic heterocycles. The van der Waals surface area contributed by atoms with Crippen LogP contribution in [0, 0.1) is 0 Å². The van der Waals surface area contributed by atoms with Gasteiger partial charge in [-0.1, -0.05) is 51.0 Å². The Balaban J connectivity index is 1.75. The van der Waals surface area contributed by atoms with Gasteiger partial charge in [-0.15, -0.1) is 0 Å². The van der Waals surface area contributed by atoms with Crippen molar-refractivity contribution in [2.24, 2.45) is 5.73 Å². The number of ether oxygens (including phenoxy) is 2. The molecule has 0 spiro atoms. The summed E-state index contributed by atoms with van der Waals surface area (Å²) in [6, 6.07) is 15.4. The predicted molar refractivity (Wildman–Crippen MR) is 113 cm³/mol. The third-order valence-corrected chi connectivity index (χ3v) is 5.91. The highest BCUT2D eigenvalue weighted by Crippen LogP contribution is 2.45. The second-order valence-corrected chi connectivity index (χ2v) is 7.80. The second-order valence-electron chi connectivity index (χ2n) is 7.80. The Kier molecular flexibility index (Phi) is 6.97. The van der Waals surface area contributed by atoms with Crippen molar-refractivity contribution in [3.8, 4) is 11.5 Å². The van der Waals surface area contributed by atoms with Crippen LogP contribution in [-0.4, -0.2) is 30.5 Å². The largest absolute Gasteiger partial charge is 0.508 e. The minimum Gasteiger partial charge on any atom is -0.508 e. The molecule has 2 atom stereocenters. The summed E-state index contributed by atoms with van der Waals surface area (Å²) in [6.45, 7) is 5.41. The lowest BCUT2D eigenvalue weighted by molar-refractivity contribution is -0.00886. The molecule has 4 heteroatoms. The Hall–Kier alpha value is -2.04. The first-order valence-corrected chi connectivity index (χ1v) is 10.5. The van der Waals surface area contributed by atoms with E-state index in [1.54, 1.807) is 6.07 Å². The normalized spacial score (nSPS) is 20.5. The highest BCUT2D eigenvalue weighted by Gasteiger charge is 2.46. The van der Waals surface area contributed by atoms with Crippen LogP contribution in [0.5, 0.6) is 11.5 Å². The van der Waals surface area contributed by atoms with Crippen LogP contribution < -0.4 is 10.5 Å². The van der Waals surface area contributed by atoms with E-state index in [1.165, 1.54) is 11.1 Å². The van der Waals surface area contributed by atoms with Crippen molar-refractivity contribution in [2.75, 3.05) is 13.2 Å². The molecule has 4 nitrogen and oxygen atoms in total. The zero-order valence-corrected chi connectivity index (χ0v) is 17.1. The lowest BCUT2D eigenvalue weighted by Crippen LogP contribution is -2.57. The molecule has 0 unspecified atom stereocenters. The summed E-state index contributed by atoms with van der Waals surface area (Å²) in [5.41, 5.74) is 9.15. The van der Waals surface area contributed by atoms with E-state index >= 15 is 0 Å². The molecule has 0 heterocycles. The molecule has 0 bridgehead atoms. The van der Waals surface area contributed by atoms with Crippen molar-refractivity contribution in [1.29, 1.82) is 0 Å². The number of nitrogens with two attached hydrogens (primary N) is 1. The fourth-order valence-electron chi connectivity index (χ4n) is 4.74. The number of para-hydroxylation sites is 1. The molecular formula is C24H33NO3. The number of phenols is 1. The molecule has 1 aliphatic carbocycles. The van der Waals surface area contributed by atoms with E-state index in [1.807, 2.05) is 42.5 Å². The lowest BCUT2D eigenvalue weighted by Gasteiger charge is -2.48. The summed E-state index contributed by atoms with van der Waals surface area (Å²) in [7, 11) is 0. The van der Waals surface area contributed by atoms with Gasteiger partial charge in [0.1, 0.15) is 18.1 Å². The van der Waals surface area contributed by atoms with Gasteiger partial charge in [0.15, 0.2) is 0 Å². The van der Waals surface area contributed by atoms with Gasteiger partial charge in [-0.05, 0) is 48.2 Å². The predicted octanol–water partition coefficient (Wildman–Crippen LogP) is 4.58. The number of fused-ring (bicyclic) bond motifs is 1. The lowest BCUT2D eigenvalue weighted by atomic mass is 9.61. The summed E-state index contributed by atoms with van der Waals surface area (Å²) in [6.07, 6.45) is 4.82. The Morgan fingerprint density at radius 2 is 1.75 bits per heavy atom. The molecule has 28 heavy (non-hydrogen) atoms. The van der Waals surface area contributed by atoms with Gasteiger partial charge in [-0.25, -0.2) is 0 Å². The zero-order chi connectivity index (χ0) is 20.0. The maximum atomic E-state index is 10.1. The highest BCUT2D eigenvalue weighted by atomic mass is 16.5. The summed E-state index contributed by atoms with van der Waals surface area (Å²) < 4.78 is 12.0. The van der Waals surface area contributed by atoms with Gasteiger partial charge in [-0.3, -0.25) is 0 Å². The smallest absolute Gasteiger partial charge is 0.119 e. The van der Waals surface area contributed by atoms with Crippen LogP contribution in [0.1, 0.15) is 50.7 Å². The Labute approximate surface area is 168 Å². The van der Waals surface area contributed by atoms with Gasteiger partial charge in [-0.2, -0.15) is 0 Å². The van der Waals surface area contributed by atoms with Crippen molar-refractivity contribution in [3.05, 3.63) is 59.7 Å². The van der Waals surface area contributed by atoms with Gasteiger partial charge in [0.05, 0.1) is 12.7 Å². The van der Waals surface area contributed by atoms with E-state index in [4.69, 9.17) is 15.2 Å². The van der Waals surface area contributed by atoms with Crippen LogP contribution in [0.4, 0.5) is 0 Å². The molecular weight excluding hydrogens is 350 g/mol. The first-order chi connectivity index (χ1) is 13.6. The van der Waals surface area contributed by atoms with Crippen LogP contribution in [0.2, 0.25) is 0 Å². The van der Waals surface area contributed by atoms with Gasteiger partial charge >= 0.3 is 0 Å². The first-order valence-electron chi connectivity index (χ1n) is 10.5. The number of phenolic OH excluding ortho intramolecular Hbond substituents is 1. The van der Waals surface area contributed by atoms with Gasteiger partial charge in [0.2, 0.25) is 0 Å². The molecule has 2 aromatic rings. The standard InChI is InChI=1S/C24H33NO3/c1-3-12-24(13-4-2)21-17-19(26)11-10-18(21)16-22(23(24)25)28-15-14-27-20-8-6-5-7-9-20/h5-11,17,22-23,26H,3-4,12-16,25H2,1-2H3/t22-,23+/m0/s1. The van der Waals surface area contributed by atoms with E-state index in [2.05, 4.69) is 13.8 Å². The molecule has 0 fully saturated rings. The fourth-order valence-corrected chi connectivity index (χ4v) is 4.74. The molecule has 0 saturated carbocycles. The summed E-state index contributed by atoms with van der Waals surface area (Å²) in [5, 5.41) is 10.1. The average molecular weight is 384 g/mol. The third kappa shape index (κ3) is 4.34. The Morgan fingerprint density at radius 3 is 2.43 bits per heavy atom. The summed E-state index contributed by atoms with van der Waals surface area (Å²) in [5.74, 6) is 1.17. The van der Waals surface area contributed by atoms with Crippen molar-refractivity contribution in [2.45, 2.75) is 63.5 Å². The van der Waals surface area contributed by atoms with Crippen molar-refractivity contribution < 1.29 is 14.6 Å². The molecule has 3 N–H and O–H groups in total. The van der Waals surface area contributed by atoms with Gasteiger partial charge in [0.25, 0.3) is 0 Å². The van der Waals surface area contributed by atoms with E-state index in [0.717, 1.165) is 37.9 Å².